The van der Waals surface area contributed by atoms with Crippen LogP contribution in [-0.2, 0) is 4.74 Å². The molecule has 1 saturated heterocycles. The first-order valence-corrected chi connectivity index (χ1v) is 7.65. The highest BCUT2D eigenvalue weighted by Crippen LogP contribution is 2.21. The van der Waals surface area contributed by atoms with Gasteiger partial charge in [0.2, 0.25) is 0 Å². The van der Waals surface area contributed by atoms with E-state index in [0.29, 0.717) is 37.7 Å². The highest BCUT2D eigenvalue weighted by Gasteiger charge is 2.26. The van der Waals surface area contributed by atoms with E-state index in [4.69, 9.17) is 4.74 Å². The Labute approximate surface area is 119 Å². The number of anilines is 2. The molecule has 0 bridgehead atoms. The predicted octanol–water partition coefficient (Wildman–Crippen LogP) is 1.50. The van der Waals surface area contributed by atoms with E-state index in [1.54, 1.807) is 0 Å². The number of rotatable bonds is 8. The van der Waals surface area contributed by atoms with Crippen molar-refractivity contribution in [2.45, 2.75) is 39.0 Å². The minimum Gasteiger partial charge on any atom is -0.380 e. The normalized spacial score (nSPS) is 15.8. The molecule has 0 radical (unpaired) electrons. The predicted molar refractivity (Wildman–Crippen MR) is 81.6 cm³/mol. The number of hydrogen-bond donors (Lipinski definition) is 1. The van der Waals surface area contributed by atoms with Gasteiger partial charge in [-0.15, -0.1) is 0 Å². The summed E-state index contributed by atoms with van der Waals surface area (Å²) in [5, 5.41) is 3.15. The van der Waals surface area contributed by atoms with Crippen molar-refractivity contribution in [2.75, 3.05) is 43.1 Å². The summed E-state index contributed by atoms with van der Waals surface area (Å²) in [5.41, 5.74) is 0.389. The fourth-order valence-corrected chi connectivity index (χ4v) is 2.57. The summed E-state index contributed by atoms with van der Waals surface area (Å²) in [6, 6.07) is 0. The molecule has 5 heteroatoms. The fourth-order valence-electron chi connectivity index (χ4n) is 2.57. The van der Waals surface area contributed by atoms with Crippen LogP contribution in [0, 0.1) is 0 Å². The molecule has 1 aromatic carbocycles. The average molecular weight is 280 g/mol. The van der Waals surface area contributed by atoms with E-state index in [1.807, 2.05) is 4.90 Å². The van der Waals surface area contributed by atoms with Crippen molar-refractivity contribution in [3.05, 3.63) is 20.4 Å². The summed E-state index contributed by atoms with van der Waals surface area (Å²) in [6.45, 7) is 5.58. The smallest absolute Gasteiger partial charge is 0.253 e. The Morgan fingerprint density at radius 1 is 1.05 bits per heavy atom. The summed E-state index contributed by atoms with van der Waals surface area (Å²) < 4.78 is 5.27. The van der Waals surface area contributed by atoms with Crippen molar-refractivity contribution >= 4 is 11.4 Å². The molecule has 1 aliphatic rings. The van der Waals surface area contributed by atoms with Gasteiger partial charge >= 0.3 is 0 Å². The van der Waals surface area contributed by atoms with Crippen molar-refractivity contribution in [1.29, 1.82) is 0 Å². The van der Waals surface area contributed by atoms with Crippen LogP contribution in [-0.4, -0.2) is 32.8 Å². The standard InChI is InChI=1S/C15H24N2O3/c1-2-3-4-5-6-7-16-12-13(15(19)14(12)18)17-8-10-20-11-9-17/h16H,2-11H2,1H3. The molecule has 2 rings (SSSR count). The molecule has 1 aromatic rings. The summed E-state index contributed by atoms with van der Waals surface area (Å²) >= 11 is 0. The third-order valence-corrected chi connectivity index (χ3v) is 3.79. The Kier molecular flexibility index (Phi) is 5.59. The topological polar surface area (TPSA) is 58.6 Å². The van der Waals surface area contributed by atoms with Gasteiger partial charge in [0.15, 0.2) is 0 Å². The number of nitrogens with zero attached hydrogens (tertiary/aromatic N) is 1. The first kappa shape index (κ1) is 15.0. The van der Waals surface area contributed by atoms with Crippen molar-refractivity contribution in [3.8, 4) is 0 Å². The minimum atomic E-state index is -0.361. The van der Waals surface area contributed by atoms with Crippen LogP contribution in [0.3, 0.4) is 0 Å². The highest BCUT2D eigenvalue weighted by molar-refractivity contribution is 5.75. The van der Waals surface area contributed by atoms with Gasteiger partial charge in [-0.05, 0) is 6.42 Å². The molecule has 0 aromatic heterocycles. The fraction of sp³-hybridized carbons (Fsp3) is 0.733. The summed E-state index contributed by atoms with van der Waals surface area (Å²) in [4.78, 5) is 25.3. The van der Waals surface area contributed by atoms with Crippen LogP contribution in [0.5, 0.6) is 0 Å². The van der Waals surface area contributed by atoms with Crippen LogP contribution in [0.15, 0.2) is 9.59 Å². The van der Waals surface area contributed by atoms with Crippen LogP contribution in [0.1, 0.15) is 39.0 Å². The van der Waals surface area contributed by atoms with Gasteiger partial charge in [-0.3, -0.25) is 9.59 Å². The van der Waals surface area contributed by atoms with Crippen LogP contribution in [0.2, 0.25) is 0 Å². The lowest BCUT2D eigenvalue weighted by molar-refractivity contribution is 0.122. The summed E-state index contributed by atoms with van der Waals surface area (Å²) in [7, 11) is 0. The quantitative estimate of drug-likeness (QED) is 0.577. The SMILES string of the molecule is CCCCCCCNc1c(N2CCOCC2)c(=O)c1=O. The van der Waals surface area contributed by atoms with Gasteiger partial charge < -0.3 is 15.0 Å². The maximum atomic E-state index is 11.7. The average Bonchev–Trinajstić information content (AvgIpc) is 2.49. The molecule has 112 valence electrons. The first-order valence-electron chi connectivity index (χ1n) is 7.65. The lowest BCUT2D eigenvalue weighted by Crippen LogP contribution is -2.47. The van der Waals surface area contributed by atoms with Crippen LogP contribution in [0.4, 0.5) is 11.4 Å². The van der Waals surface area contributed by atoms with Gasteiger partial charge in [0, 0.05) is 19.6 Å². The summed E-state index contributed by atoms with van der Waals surface area (Å²) in [6.07, 6.45) is 5.94. The van der Waals surface area contributed by atoms with E-state index in [2.05, 4.69) is 12.2 Å². The Morgan fingerprint density at radius 2 is 1.75 bits per heavy atom. The lowest BCUT2D eigenvalue weighted by atomic mass is 10.1. The molecule has 0 unspecified atom stereocenters. The lowest BCUT2D eigenvalue weighted by Gasteiger charge is -2.30. The molecule has 20 heavy (non-hydrogen) atoms. The Balaban J connectivity index is 1.84. The maximum absolute atomic E-state index is 11.7. The van der Waals surface area contributed by atoms with Gasteiger partial charge in [-0.1, -0.05) is 32.6 Å². The van der Waals surface area contributed by atoms with E-state index in [9.17, 15) is 9.59 Å². The zero-order chi connectivity index (χ0) is 14.4. The van der Waals surface area contributed by atoms with Gasteiger partial charge in [0.05, 0.1) is 13.2 Å². The number of unbranched alkanes of at least 4 members (excludes halogenated alkanes) is 4. The van der Waals surface area contributed by atoms with Crippen LogP contribution in [0.25, 0.3) is 0 Å². The molecular formula is C15H24N2O3. The molecule has 5 nitrogen and oxygen atoms in total. The van der Waals surface area contributed by atoms with Crippen LogP contribution < -0.4 is 21.1 Å². The molecule has 0 spiro atoms. The van der Waals surface area contributed by atoms with Crippen molar-refractivity contribution in [3.63, 3.8) is 0 Å². The number of morpholine rings is 1. The Morgan fingerprint density at radius 3 is 2.45 bits per heavy atom. The first-order chi connectivity index (χ1) is 9.75. The second-order valence-electron chi connectivity index (χ2n) is 5.32. The Hall–Kier alpha value is -1.36. The zero-order valence-electron chi connectivity index (χ0n) is 12.2. The molecule has 1 fully saturated rings. The van der Waals surface area contributed by atoms with E-state index < -0.39 is 0 Å². The number of hydrogen-bond acceptors (Lipinski definition) is 5. The molecule has 0 saturated carbocycles. The largest absolute Gasteiger partial charge is 0.380 e. The summed E-state index contributed by atoms with van der Waals surface area (Å²) in [5.74, 6) is 0. The van der Waals surface area contributed by atoms with E-state index in [0.717, 1.165) is 13.0 Å². The second kappa shape index (κ2) is 7.43. The molecule has 0 atom stereocenters. The van der Waals surface area contributed by atoms with E-state index in [-0.39, 0.29) is 10.9 Å². The molecule has 1 heterocycles. The monoisotopic (exact) mass is 280 g/mol. The minimum absolute atomic E-state index is 0.347. The Bertz CT molecular complexity index is 485. The van der Waals surface area contributed by atoms with Gasteiger partial charge in [0.25, 0.3) is 10.9 Å². The van der Waals surface area contributed by atoms with Gasteiger partial charge in [-0.25, -0.2) is 0 Å². The van der Waals surface area contributed by atoms with E-state index in [1.165, 1.54) is 25.7 Å². The third kappa shape index (κ3) is 3.39. The van der Waals surface area contributed by atoms with Crippen LogP contribution >= 0.6 is 0 Å². The van der Waals surface area contributed by atoms with Crippen molar-refractivity contribution in [2.24, 2.45) is 0 Å². The number of ether oxygens (including phenoxy) is 1. The van der Waals surface area contributed by atoms with Crippen molar-refractivity contribution < 1.29 is 4.74 Å². The molecule has 1 aliphatic heterocycles. The van der Waals surface area contributed by atoms with E-state index >= 15 is 0 Å². The molecular weight excluding hydrogens is 256 g/mol. The molecule has 0 aliphatic carbocycles. The van der Waals surface area contributed by atoms with Gasteiger partial charge in [0.1, 0.15) is 11.4 Å². The number of nitrogens with one attached hydrogen (secondary N) is 1. The highest BCUT2D eigenvalue weighted by atomic mass is 16.5. The maximum Gasteiger partial charge on any atom is 0.253 e. The molecule has 1 N–H and O–H groups in total. The zero-order valence-corrected chi connectivity index (χ0v) is 12.2. The third-order valence-electron chi connectivity index (χ3n) is 3.79. The van der Waals surface area contributed by atoms with Gasteiger partial charge in [-0.2, -0.15) is 0 Å². The second-order valence-corrected chi connectivity index (χ2v) is 5.32. The molecule has 0 amide bonds. The van der Waals surface area contributed by atoms with Crippen molar-refractivity contribution in [1.82, 2.24) is 0 Å².